The highest BCUT2D eigenvalue weighted by Crippen LogP contribution is 2.50. The molecule has 3 amide bonds. The summed E-state index contributed by atoms with van der Waals surface area (Å²) in [5, 5.41) is 0.0708. The van der Waals surface area contributed by atoms with Gasteiger partial charge in [0, 0.05) is 112 Å². The third-order valence-electron chi connectivity index (χ3n) is 22.2. The molecule has 32 heteroatoms. The molecule has 3 spiro atoms. The Morgan fingerprint density at radius 3 is 1.61 bits per heavy atom. The van der Waals surface area contributed by atoms with Crippen LogP contribution in [-0.2, 0) is 47.2 Å². The van der Waals surface area contributed by atoms with Gasteiger partial charge in [0.1, 0.15) is 28.6 Å². The van der Waals surface area contributed by atoms with E-state index in [-0.39, 0.29) is 59.4 Å². The number of ether oxygens (including phenoxy) is 4. The molecule has 0 saturated carbocycles. The number of nitrogens with zero attached hydrogens (tertiary/aromatic N) is 10. The average molecular weight is 1570 g/mol. The summed E-state index contributed by atoms with van der Waals surface area (Å²) in [4.78, 5) is 79.8. The molecule has 7 aromatic rings. The van der Waals surface area contributed by atoms with Gasteiger partial charge in [-0.3, -0.25) is 38.7 Å². The Bertz CT molecular complexity index is 4530. The number of aromatic nitrogens is 4. The lowest BCUT2D eigenvalue weighted by Gasteiger charge is -2.52. The van der Waals surface area contributed by atoms with Crippen molar-refractivity contribution in [3.63, 3.8) is 0 Å². The number of likely N-dealkylation sites (N-methyl/N-ethyl adjacent to an activating group) is 3. The lowest BCUT2D eigenvalue weighted by molar-refractivity contribution is -0.146. The number of carbonyl (C=O) groups is 5. The largest absolute Gasteiger partial charge is 0.496 e. The van der Waals surface area contributed by atoms with E-state index in [1.165, 1.54) is 34.4 Å². The number of fused-ring (bicyclic) bond motifs is 6. The Kier molecular flexibility index (Phi) is 23.9. The number of hydrogen-bond acceptors (Lipinski definition) is 13. The normalized spacial score (nSPS) is 18.6. The highest BCUT2D eigenvalue weighted by Gasteiger charge is 2.53. The quantitative estimate of drug-likeness (QED) is 0.0573. The number of halogens is 13. The summed E-state index contributed by atoms with van der Waals surface area (Å²) in [6.07, 6.45) is -16.8. The zero-order valence-electron chi connectivity index (χ0n) is 62.2. The summed E-state index contributed by atoms with van der Waals surface area (Å²) in [5.74, 6) is -2.67. The van der Waals surface area contributed by atoms with Crippen molar-refractivity contribution in [2.45, 2.75) is 146 Å². The molecule has 0 N–H and O–H groups in total. The van der Waals surface area contributed by atoms with Gasteiger partial charge in [0.05, 0.1) is 84.4 Å². The van der Waals surface area contributed by atoms with Gasteiger partial charge in [-0.05, 0) is 166 Å². The van der Waals surface area contributed by atoms with E-state index in [4.69, 9.17) is 30.5 Å². The molecule has 1 atom stereocenters. The van der Waals surface area contributed by atoms with Gasteiger partial charge < -0.3 is 47.3 Å². The van der Waals surface area contributed by atoms with Crippen molar-refractivity contribution < 1.29 is 95.6 Å². The van der Waals surface area contributed by atoms with Crippen molar-refractivity contribution in [1.29, 1.82) is 0 Å². The summed E-state index contributed by atoms with van der Waals surface area (Å²) >= 11 is 6.36. The molecule has 1 unspecified atom stereocenters. The number of pyridine rings is 1. The average Bonchev–Trinajstić information content (AvgIpc) is 1.53. The maximum atomic E-state index is 13.6. The minimum Gasteiger partial charge on any atom is -0.496 e. The topological polar surface area (TPSA) is 169 Å². The molecule has 3 aromatic carbocycles. The van der Waals surface area contributed by atoms with Crippen molar-refractivity contribution in [3.05, 3.63) is 176 Å². The van der Waals surface area contributed by atoms with Gasteiger partial charge in [-0.1, -0.05) is 48.0 Å². The number of Topliss-reactive ketones (excluding diaryl/α,β-unsaturated/α-hetero) is 2. The number of aryl methyl sites for hydroxylation is 1. The monoisotopic (exact) mass is 1570 g/mol. The summed E-state index contributed by atoms with van der Waals surface area (Å²) in [6, 6.07) is 29.8. The van der Waals surface area contributed by atoms with Gasteiger partial charge in [0.15, 0.2) is 0 Å². The molecule has 110 heavy (non-hydrogen) atoms. The predicted molar refractivity (Wildman–Crippen MR) is 384 cm³/mol. The van der Waals surface area contributed by atoms with Crippen LogP contribution in [0.25, 0.3) is 11.1 Å². The molecule has 594 valence electrons. The van der Waals surface area contributed by atoms with Gasteiger partial charge in [-0.15, -0.1) is 0 Å². The Balaban J connectivity index is 0.000000164. The van der Waals surface area contributed by atoms with E-state index in [2.05, 4.69) is 14.8 Å². The van der Waals surface area contributed by atoms with Gasteiger partial charge in [0.2, 0.25) is 0 Å². The fourth-order valence-corrected chi connectivity index (χ4v) is 16.8. The summed E-state index contributed by atoms with van der Waals surface area (Å²) < 4.78 is 183. The number of benzene rings is 3. The van der Waals surface area contributed by atoms with Crippen LogP contribution in [0.3, 0.4) is 0 Å². The highest BCUT2D eigenvalue weighted by molar-refractivity contribution is 6.31. The van der Waals surface area contributed by atoms with Crippen LogP contribution in [0.1, 0.15) is 158 Å². The molecule has 6 aliphatic heterocycles. The number of rotatable bonds is 14. The standard InChI is InChI=1S/C28H28F3N3O3.C25H28ClF6N3O3.C25H31F3N4O3/c1-32-16-17-34-22(25(35)28(29,30)31)10-11-24(34)27(32)12-14-33(15-13-27)26(36)20-8-9-21(23(18-20)37-2)19-6-4-3-5-7-19;1-33-10-11-35-20(25(30,31)32)14-18(26)21(35)23(33)5-8-34(9-6-23)22(36)16-3-4-17(19(13-16)37-2)15-38-12-7-24(27,28)29;1-15(2)35-20-8-6-18(29-17(20)4)23(34)31-12-10-24(11-13-31)21-9-7-19(22(33)25(26,27)28)32(21)16(3)14-30(24)5/h3-11,18H,12-17H2,1-2H3;3-4,13-14H,5-12,15H2,1-2H3;6-9,15-16H,10-14H2,1-5H3. The van der Waals surface area contributed by atoms with E-state index < -0.39 is 71.6 Å². The zero-order valence-corrected chi connectivity index (χ0v) is 63.0. The van der Waals surface area contributed by atoms with E-state index >= 15 is 0 Å². The van der Waals surface area contributed by atoms with Gasteiger partial charge in [-0.25, -0.2) is 4.98 Å². The molecule has 0 radical (unpaired) electrons. The minimum absolute atomic E-state index is 0.00331. The van der Waals surface area contributed by atoms with Crippen molar-refractivity contribution in [2.24, 2.45) is 0 Å². The molecule has 19 nitrogen and oxygen atoms in total. The Morgan fingerprint density at radius 1 is 0.555 bits per heavy atom. The van der Waals surface area contributed by atoms with E-state index in [1.54, 1.807) is 81.8 Å². The van der Waals surface area contributed by atoms with Crippen molar-refractivity contribution >= 4 is 40.9 Å². The first-order chi connectivity index (χ1) is 51.8. The van der Waals surface area contributed by atoms with Crippen LogP contribution in [0.5, 0.6) is 17.2 Å². The molecule has 3 fully saturated rings. The van der Waals surface area contributed by atoms with E-state index in [9.17, 15) is 76.7 Å². The molecule has 10 heterocycles. The zero-order chi connectivity index (χ0) is 80.0. The van der Waals surface area contributed by atoms with Crippen LogP contribution >= 0.6 is 11.6 Å². The number of amides is 3. The number of alkyl halides is 12. The first kappa shape index (κ1) is 82.1. The van der Waals surface area contributed by atoms with Gasteiger partial charge in [-0.2, -0.15) is 52.7 Å². The molecule has 0 bridgehead atoms. The highest BCUT2D eigenvalue weighted by atomic mass is 35.5. The molecule has 13 rings (SSSR count). The van der Waals surface area contributed by atoms with Crippen LogP contribution in [-0.4, -0.2) is 203 Å². The fraction of sp³-hybridized carbons (Fsp3) is 0.487. The van der Waals surface area contributed by atoms with Crippen molar-refractivity contribution in [2.75, 3.05) is 101 Å². The number of piperidine rings is 3. The van der Waals surface area contributed by atoms with Crippen LogP contribution in [0.4, 0.5) is 52.7 Å². The smallest absolute Gasteiger partial charge is 0.456 e. The molecular weight excluding hydrogens is 1480 g/mol. The molecule has 6 aliphatic rings. The predicted octanol–water partition coefficient (Wildman–Crippen LogP) is 15.1. The SMILES string of the molecule is COc1cc(C(=O)N2CCC3(CC2)c2c(Cl)cc(C(F)(F)F)n2CCN3C)ccc1COCCC(F)(F)F.COc1cc(C(=O)N2CCC3(CC2)c2ccc(C(=O)C(F)(F)F)n2CCN3C)ccc1-c1ccccc1.Cc1nc(C(=O)N2CCC3(CC2)c2ccc(C(=O)C(F)(F)F)n2C(C)CN3C)ccc1OC(C)C. The molecule has 0 aliphatic carbocycles. The number of hydrogen-bond donors (Lipinski definition) is 0. The summed E-state index contributed by atoms with van der Waals surface area (Å²) in [5.41, 5.74) is 2.82. The first-order valence-electron chi connectivity index (χ1n) is 36.1. The summed E-state index contributed by atoms with van der Waals surface area (Å²) in [7, 11) is 8.73. The van der Waals surface area contributed by atoms with E-state index in [0.717, 1.165) is 17.2 Å². The lowest BCUT2D eigenvalue weighted by atomic mass is 9.80. The maximum absolute atomic E-state index is 13.6. The number of ketones is 2. The number of carbonyl (C=O) groups excluding carboxylic acids is 5. The van der Waals surface area contributed by atoms with Gasteiger partial charge >= 0.3 is 24.7 Å². The Labute approximate surface area is 633 Å². The van der Waals surface area contributed by atoms with Crippen LogP contribution in [0.2, 0.25) is 5.02 Å². The van der Waals surface area contributed by atoms with Crippen LogP contribution in [0.15, 0.2) is 109 Å². The van der Waals surface area contributed by atoms with Crippen LogP contribution < -0.4 is 14.2 Å². The second kappa shape index (κ2) is 32.1. The second-order valence-electron chi connectivity index (χ2n) is 29.0. The number of likely N-dealkylation sites (tertiary alicyclic amines) is 3. The lowest BCUT2D eigenvalue weighted by Crippen LogP contribution is -2.57. The fourth-order valence-electron chi connectivity index (χ4n) is 16.5. The maximum Gasteiger partial charge on any atom is 0.456 e. The summed E-state index contributed by atoms with van der Waals surface area (Å²) in [6.45, 7) is 11.1. The second-order valence-corrected chi connectivity index (χ2v) is 29.4. The molecule has 3 saturated heterocycles. The van der Waals surface area contributed by atoms with Gasteiger partial charge in [0.25, 0.3) is 29.3 Å². The Morgan fingerprint density at radius 2 is 1.06 bits per heavy atom. The van der Waals surface area contributed by atoms with E-state index in [1.807, 2.05) is 83.2 Å². The third-order valence-corrected chi connectivity index (χ3v) is 22.5. The first-order valence-corrected chi connectivity index (χ1v) is 36.5. The third kappa shape index (κ3) is 16.5. The molecular formula is C78H87ClF12N10O9. The van der Waals surface area contributed by atoms with E-state index in [0.29, 0.717) is 166 Å². The number of methoxy groups -OCH3 is 2. The Hall–Kier alpha value is -8.91. The molecule has 4 aromatic heterocycles. The van der Waals surface area contributed by atoms with Crippen LogP contribution in [0, 0.1) is 6.92 Å². The van der Waals surface area contributed by atoms with Crippen molar-refractivity contribution in [1.82, 2.24) is 48.1 Å². The van der Waals surface area contributed by atoms with Crippen molar-refractivity contribution in [3.8, 4) is 28.4 Å². The minimum atomic E-state index is -4.93.